The number of piperazine rings is 1. The van der Waals surface area contributed by atoms with E-state index in [0.29, 0.717) is 17.2 Å². The zero-order chi connectivity index (χ0) is 21.3. The zero-order valence-corrected chi connectivity index (χ0v) is 21.6. The number of halogens is 1. The van der Waals surface area contributed by atoms with Crippen LogP contribution in [-0.2, 0) is 6.54 Å². The Morgan fingerprint density at radius 3 is 2.23 bits per heavy atom. The summed E-state index contributed by atoms with van der Waals surface area (Å²) in [7, 11) is 6.81. The second-order valence-electron chi connectivity index (χ2n) is 7.78. The SMILES string of the molecule is CN=C(NCCC1=CCCC1)N1CCN(Cc2cc(OC)c(OC)c(OC)c2)CC1.I. The van der Waals surface area contributed by atoms with E-state index < -0.39 is 0 Å². The Bertz CT molecular complexity index is 736. The van der Waals surface area contributed by atoms with Gasteiger partial charge in [-0.15, -0.1) is 24.0 Å². The molecule has 1 fully saturated rings. The maximum absolute atomic E-state index is 5.49. The molecule has 1 heterocycles. The fourth-order valence-electron chi connectivity index (χ4n) is 4.23. The van der Waals surface area contributed by atoms with Crippen molar-refractivity contribution in [2.75, 3.05) is 61.1 Å². The lowest BCUT2D eigenvalue weighted by molar-refractivity contribution is 0.172. The largest absolute Gasteiger partial charge is 0.493 e. The fraction of sp³-hybridized carbons (Fsp3) is 0.609. The van der Waals surface area contributed by atoms with Gasteiger partial charge in [0.2, 0.25) is 5.75 Å². The smallest absolute Gasteiger partial charge is 0.203 e. The van der Waals surface area contributed by atoms with Crippen molar-refractivity contribution in [1.29, 1.82) is 0 Å². The van der Waals surface area contributed by atoms with Crippen molar-refractivity contribution in [3.63, 3.8) is 0 Å². The highest BCUT2D eigenvalue weighted by Gasteiger charge is 2.21. The van der Waals surface area contributed by atoms with E-state index in [0.717, 1.165) is 57.2 Å². The Morgan fingerprint density at radius 2 is 1.71 bits per heavy atom. The van der Waals surface area contributed by atoms with E-state index in [1.54, 1.807) is 26.9 Å². The summed E-state index contributed by atoms with van der Waals surface area (Å²) >= 11 is 0. The first-order chi connectivity index (χ1) is 14.7. The molecule has 1 aromatic carbocycles. The van der Waals surface area contributed by atoms with Crippen molar-refractivity contribution < 1.29 is 14.2 Å². The molecule has 8 heteroatoms. The van der Waals surface area contributed by atoms with Crippen LogP contribution in [0.25, 0.3) is 0 Å². The summed E-state index contributed by atoms with van der Waals surface area (Å²) in [4.78, 5) is 9.30. The summed E-state index contributed by atoms with van der Waals surface area (Å²) in [5, 5.41) is 3.54. The molecule has 2 aliphatic rings. The molecule has 31 heavy (non-hydrogen) atoms. The van der Waals surface area contributed by atoms with Gasteiger partial charge in [0.25, 0.3) is 0 Å². The summed E-state index contributed by atoms with van der Waals surface area (Å²) in [6.07, 6.45) is 7.35. The maximum atomic E-state index is 5.49. The average molecular weight is 544 g/mol. The van der Waals surface area contributed by atoms with Crippen LogP contribution in [0, 0.1) is 0 Å². The summed E-state index contributed by atoms with van der Waals surface area (Å²) in [5.74, 6) is 3.05. The van der Waals surface area contributed by atoms with E-state index in [9.17, 15) is 0 Å². The van der Waals surface area contributed by atoms with E-state index >= 15 is 0 Å². The number of ether oxygens (including phenoxy) is 3. The van der Waals surface area contributed by atoms with Crippen LogP contribution in [-0.4, -0.2) is 76.9 Å². The molecule has 0 unspecified atom stereocenters. The van der Waals surface area contributed by atoms with Crippen LogP contribution < -0.4 is 19.5 Å². The minimum atomic E-state index is 0. The van der Waals surface area contributed by atoms with Crippen LogP contribution in [0.1, 0.15) is 31.2 Å². The Morgan fingerprint density at radius 1 is 1.03 bits per heavy atom. The van der Waals surface area contributed by atoms with Crippen molar-refractivity contribution in [2.24, 2.45) is 4.99 Å². The second-order valence-corrected chi connectivity index (χ2v) is 7.78. The molecule has 3 rings (SSSR count). The minimum absolute atomic E-state index is 0. The van der Waals surface area contributed by atoms with Gasteiger partial charge < -0.3 is 24.4 Å². The van der Waals surface area contributed by atoms with Gasteiger partial charge in [0, 0.05) is 46.3 Å². The monoisotopic (exact) mass is 544 g/mol. The molecule has 1 aliphatic carbocycles. The molecule has 1 aliphatic heterocycles. The predicted molar refractivity (Wildman–Crippen MR) is 136 cm³/mol. The summed E-state index contributed by atoms with van der Waals surface area (Å²) in [6.45, 7) is 5.72. The molecule has 1 aromatic rings. The van der Waals surface area contributed by atoms with Crippen molar-refractivity contribution >= 4 is 29.9 Å². The van der Waals surface area contributed by atoms with Crippen LogP contribution in [0.5, 0.6) is 17.2 Å². The van der Waals surface area contributed by atoms with Crippen molar-refractivity contribution in [3.05, 3.63) is 29.3 Å². The normalized spacial score (nSPS) is 17.1. The van der Waals surface area contributed by atoms with E-state index in [2.05, 4.69) is 26.2 Å². The number of allylic oxidation sites excluding steroid dienone is 1. The van der Waals surface area contributed by atoms with E-state index in [1.807, 2.05) is 19.2 Å². The molecular weight excluding hydrogens is 507 g/mol. The van der Waals surface area contributed by atoms with Crippen LogP contribution in [0.4, 0.5) is 0 Å². The number of rotatable bonds is 8. The number of hydrogen-bond acceptors (Lipinski definition) is 5. The molecule has 7 nitrogen and oxygen atoms in total. The van der Waals surface area contributed by atoms with Gasteiger partial charge in [-0.25, -0.2) is 0 Å². The predicted octanol–water partition coefficient (Wildman–Crippen LogP) is 3.52. The van der Waals surface area contributed by atoms with Gasteiger partial charge in [-0.2, -0.15) is 0 Å². The lowest BCUT2D eigenvalue weighted by Gasteiger charge is -2.36. The minimum Gasteiger partial charge on any atom is -0.493 e. The lowest BCUT2D eigenvalue weighted by Crippen LogP contribution is -2.52. The van der Waals surface area contributed by atoms with Crippen molar-refractivity contribution in [3.8, 4) is 17.2 Å². The van der Waals surface area contributed by atoms with Crippen LogP contribution in [0.3, 0.4) is 0 Å². The molecule has 174 valence electrons. The number of guanidine groups is 1. The fourth-order valence-corrected chi connectivity index (χ4v) is 4.23. The third-order valence-electron chi connectivity index (χ3n) is 5.88. The standard InChI is InChI=1S/C23H36N4O3.HI/c1-24-23(25-10-9-18-7-5-6-8-18)27-13-11-26(12-14-27)17-19-15-20(28-2)22(30-4)21(16-19)29-3;/h7,15-16H,5-6,8-14,17H2,1-4H3,(H,24,25);1H. The van der Waals surface area contributed by atoms with Crippen LogP contribution in [0.15, 0.2) is 28.8 Å². The molecule has 0 radical (unpaired) electrons. The first kappa shape index (κ1) is 25.6. The molecule has 0 aromatic heterocycles. The quantitative estimate of drug-likeness (QED) is 0.234. The summed E-state index contributed by atoms with van der Waals surface area (Å²) < 4.78 is 16.4. The Labute approximate surface area is 203 Å². The van der Waals surface area contributed by atoms with Crippen LogP contribution >= 0.6 is 24.0 Å². The molecule has 1 N–H and O–H groups in total. The highest BCUT2D eigenvalue weighted by Crippen LogP contribution is 2.38. The molecule has 0 spiro atoms. The van der Waals surface area contributed by atoms with E-state index in [4.69, 9.17) is 14.2 Å². The molecule has 1 saturated heterocycles. The van der Waals surface area contributed by atoms with Crippen LogP contribution in [0.2, 0.25) is 0 Å². The molecule has 0 saturated carbocycles. The number of aliphatic imine (C=N–C) groups is 1. The number of hydrogen-bond donors (Lipinski definition) is 1. The number of benzene rings is 1. The number of methoxy groups -OCH3 is 3. The van der Waals surface area contributed by atoms with Crippen molar-refractivity contribution in [1.82, 2.24) is 15.1 Å². The third-order valence-corrected chi connectivity index (χ3v) is 5.88. The number of nitrogens with one attached hydrogen (secondary N) is 1. The first-order valence-electron chi connectivity index (χ1n) is 10.8. The second kappa shape index (κ2) is 13.0. The molecule has 0 amide bonds. The third kappa shape index (κ3) is 6.90. The first-order valence-corrected chi connectivity index (χ1v) is 10.8. The molecule has 0 atom stereocenters. The van der Waals surface area contributed by atoms with Gasteiger partial charge in [-0.3, -0.25) is 9.89 Å². The average Bonchev–Trinajstić information content (AvgIpc) is 3.30. The molecule has 0 bridgehead atoms. The Kier molecular flexibility index (Phi) is 10.7. The highest BCUT2D eigenvalue weighted by molar-refractivity contribution is 14.0. The zero-order valence-electron chi connectivity index (χ0n) is 19.3. The van der Waals surface area contributed by atoms with Gasteiger partial charge in [-0.1, -0.05) is 11.6 Å². The topological polar surface area (TPSA) is 58.6 Å². The van der Waals surface area contributed by atoms with Gasteiger partial charge in [0.05, 0.1) is 21.3 Å². The lowest BCUT2D eigenvalue weighted by atomic mass is 10.1. The van der Waals surface area contributed by atoms with Gasteiger partial charge in [-0.05, 0) is 43.4 Å². The Hall–Kier alpha value is -1.68. The van der Waals surface area contributed by atoms with Gasteiger partial charge in [0.15, 0.2) is 17.5 Å². The van der Waals surface area contributed by atoms with E-state index in [1.165, 1.54) is 19.3 Å². The van der Waals surface area contributed by atoms with E-state index in [-0.39, 0.29) is 24.0 Å². The number of nitrogens with zero attached hydrogens (tertiary/aromatic N) is 3. The van der Waals surface area contributed by atoms with Gasteiger partial charge >= 0.3 is 0 Å². The summed E-state index contributed by atoms with van der Waals surface area (Å²) in [5.41, 5.74) is 2.75. The summed E-state index contributed by atoms with van der Waals surface area (Å²) in [6, 6.07) is 4.07. The Balaban J connectivity index is 0.00000341. The van der Waals surface area contributed by atoms with Crippen molar-refractivity contribution in [2.45, 2.75) is 32.2 Å². The van der Waals surface area contributed by atoms with Gasteiger partial charge in [0.1, 0.15) is 0 Å². The maximum Gasteiger partial charge on any atom is 0.203 e. The molecular formula is C23H37IN4O3. The highest BCUT2D eigenvalue weighted by atomic mass is 127.